The molecule has 0 unspecified atom stereocenters. The molecule has 2 aliphatic heterocycles. The van der Waals surface area contributed by atoms with Crippen LogP contribution in [-0.2, 0) is 17.9 Å². The number of thiophene rings is 1. The van der Waals surface area contributed by atoms with Gasteiger partial charge in [0.1, 0.15) is 0 Å². The summed E-state index contributed by atoms with van der Waals surface area (Å²) in [7, 11) is 1.82. The minimum Gasteiger partial charge on any atom is -0.370 e. The highest BCUT2D eigenvalue weighted by molar-refractivity contribution is 7.10. The molecule has 2 aromatic heterocycles. The maximum Gasteiger partial charge on any atom is 0.264 e. The van der Waals surface area contributed by atoms with Crippen LogP contribution in [0.25, 0.3) is 0 Å². The summed E-state index contributed by atoms with van der Waals surface area (Å²) in [5.41, 5.74) is 2.56. The Balaban J connectivity index is 1.34. The largest absolute Gasteiger partial charge is 0.370 e. The van der Waals surface area contributed by atoms with Gasteiger partial charge in [-0.2, -0.15) is 0 Å². The average molecular weight is 495 g/mol. The zero-order chi connectivity index (χ0) is 23.8. The number of amides is 3. The van der Waals surface area contributed by atoms with E-state index < -0.39 is 0 Å². The van der Waals surface area contributed by atoms with Crippen LogP contribution in [0.3, 0.4) is 0 Å². The summed E-state index contributed by atoms with van der Waals surface area (Å²) in [6.07, 6.45) is 1.66. The molecule has 176 valence electrons. The van der Waals surface area contributed by atoms with E-state index in [9.17, 15) is 14.4 Å². The zero-order valence-electron chi connectivity index (χ0n) is 19.2. The van der Waals surface area contributed by atoms with Crippen LogP contribution >= 0.6 is 22.7 Å². The molecule has 3 aromatic rings. The van der Waals surface area contributed by atoms with Crippen LogP contribution in [-0.4, -0.2) is 52.6 Å². The third-order valence-electron chi connectivity index (χ3n) is 6.42. The summed E-state index contributed by atoms with van der Waals surface area (Å²) < 4.78 is 0. The lowest BCUT2D eigenvalue weighted by Crippen LogP contribution is -2.44. The van der Waals surface area contributed by atoms with Gasteiger partial charge in [-0.15, -0.1) is 22.7 Å². The molecule has 0 aliphatic carbocycles. The first kappa shape index (κ1) is 22.7. The molecule has 0 spiro atoms. The number of hydrogen-bond donors (Lipinski definition) is 0. The molecule has 1 atom stereocenters. The predicted molar refractivity (Wildman–Crippen MR) is 133 cm³/mol. The highest BCUT2D eigenvalue weighted by Crippen LogP contribution is 2.35. The van der Waals surface area contributed by atoms with Gasteiger partial charge in [-0.25, -0.2) is 4.98 Å². The fourth-order valence-electron chi connectivity index (χ4n) is 4.79. The summed E-state index contributed by atoms with van der Waals surface area (Å²) in [6.45, 7) is 4.02. The molecule has 1 saturated heterocycles. The van der Waals surface area contributed by atoms with Crippen molar-refractivity contribution in [1.82, 2.24) is 14.8 Å². The van der Waals surface area contributed by atoms with Crippen LogP contribution < -0.4 is 4.90 Å². The Hall–Kier alpha value is -3.04. The van der Waals surface area contributed by atoms with Gasteiger partial charge in [-0.05, 0) is 43.3 Å². The Labute approximate surface area is 206 Å². The quantitative estimate of drug-likeness (QED) is 0.481. The Kier molecular flexibility index (Phi) is 6.22. The molecule has 2 aliphatic rings. The monoisotopic (exact) mass is 494 g/mol. The maximum absolute atomic E-state index is 13.3. The fourth-order valence-corrected chi connectivity index (χ4v) is 6.09. The molecule has 7 nitrogen and oxygen atoms in total. The molecular formula is C25H26N4O3S2. The first-order valence-electron chi connectivity index (χ1n) is 11.3. The summed E-state index contributed by atoms with van der Waals surface area (Å²) >= 11 is 3.11. The van der Waals surface area contributed by atoms with Gasteiger partial charge in [0.2, 0.25) is 5.91 Å². The van der Waals surface area contributed by atoms with E-state index in [1.807, 2.05) is 49.0 Å². The number of benzene rings is 1. The highest BCUT2D eigenvalue weighted by Gasteiger charge is 2.39. The molecular weight excluding hydrogens is 468 g/mol. The lowest BCUT2D eigenvalue weighted by molar-refractivity contribution is -0.135. The van der Waals surface area contributed by atoms with Crippen molar-refractivity contribution in [3.8, 4) is 0 Å². The summed E-state index contributed by atoms with van der Waals surface area (Å²) in [6, 6.07) is 9.30. The molecule has 5 rings (SSSR count). The minimum absolute atomic E-state index is 0.0876. The molecule has 1 aromatic carbocycles. The molecule has 0 N–H and O–H groups in total. The SMILES string of the molecule is Cc1nc(CN(C)C(=O)[C@H]2CCCN(c3cccc4c3C(=O)N(Cc3cccs3)C4=O)C2)cs1. The van der Waals surface area contributed by atoms with Gasteiger partial charge in [0.15, 0.2) is 0 Å². The number of aromatic nitrogens is 1. The highest BCUT2D eigenvalue weighted by atomic mass is 32.1. The van der Waals surface area contributed by atoms with E-state index in [-0.39, 0.29) is 30.2 Å². The van der Waals surface area contributed by atoms with Crippen molar-refractivity contribution in [2.24, 2.45) is 5.92 Å². The van der Waals surface area contributed by atoms with Gasteiger partial charge in [-0.1, -0.05) is 12.1 Å². The fraction of sp³-hybridized carbons (Fsp3) is 0.360. The Morgan fingerprint density at radius 2 is 2.03 bits per heavy atom. The van der Waals surface area contributed by atoms with Crippen LogP contribution in [0.2, 0.25) is 0 Å². The number of carbonyl (C=O) groups is 3. The smallest absolute Gasteiger partial charge is 0.264 e. The van der Waals surface area contributed by atoms with Gasteiger partial charge in [0.25, 0.3) is 11.8 Å². The van der Waals surface area contributed by atoms with Crippen molar-refractivity contribution in [2.75, 3.05) is 25.0 Å². The maximum atomic E-state index is 13.3. The third kappa shape index (κ3) is 4.25. The van der Waals surface area contributed by atoms with Gasteiger partial charge in [0.05, 0.1) is 46.5 Å². The van der Waals surface area contributed by atoms with Crippen molar-refractivity contribution >= 4 is 46.1 Å². The molecule has 34 heavy (non-hydrogen) atoms. The van der Waals surface area contributed by atoms with Crippen molar-refractivity contribution < 1.29 is 14.4 Å². The van der Waals surface area contributed by atoms with Crippen molar-refractivity contribution in [3.05, 3.63) is 67.8 Å². The zero-order valence-corrected chi connectivity index (χ0v) is 20.8. The summed E-state index contributed by atoms with van der Waals surface area (Å²) in [4.78, 5) is 50.2. The average Bonchev–Trinajstić information content (AvgIpc) is 3.56. The molecule has 1 fully saturated rings. The van der Waals surface area contributed by atoms with Gasteiger partial charge in [-0.3, -0.25) is 19.3 Å². The predicted octanol–water partition coefficient (Wildman–Crippen LogP) is 4.18. The van der Waals surface area contributed by atoms with Gasteiger partial charge < -0.3 is 9.80 Å². The van der Waals surface area contributed by atoms with E-state index >= 15 is 0 Å². The number of thiazole rings is 1. The lowest BCUT2D eigenvalue weighted by Gasteiger charge is -2.36. The topological polar surface area (TPSA) is 73.8 Å². The standard InChI is InChI=1S/C25H26N4O3S2/c1-16-26-18(15-34-16)13-27(2)23(30)17-6-4-10-28(12-17)21-9-3-8-20-22(21)25(32)29(24(20)31)14-19-7-5-11-33-19/h3,5,7-9,11,15,17H,4,6,10,12-14H2,1-2H3/t17-/m0/s1. The van der Waals surface area contributed by atoms with E-state index in [2.05, 4.69) is 9.88 Å². The summed E-state index contributed by atoms with van der Waals surface area (Å²) in [5.74, 6) is -0.583. The Bertz CT molecular complexity index is 1240. The number of aryl methyl sites for hydroxylation is 1. The summed E-state index contributed by atoms with van der Waals surface area (Å²) in [5, 5.41) is 4.92. The molecule has 3 amide bonds. The van der Waals surface area contributed by atoms with Crippen molar-refractivity contribution in [2.45, 2.75) is 32.9 Å². The molecule has 0 radical (unpaired) electrons. The second-order valence-corrected chi connectivity index (χ2v) is 10.9. The minimum atomic E-state index is -0.256. The number of carbonyl (C=O) groups excluding carboxylic acids is 3. The first-order chi connectivity index (χ1) is 16.4. The number of hydrogen-bond acceptors (Lipinski definition) is 7. The normalized spacial score (nSPS) is 17.9. The number of nitrogens with zero attached hydrogens (tertiary/aromatic N) is 4. The van der Waals surface area contributed by atoms with E-state index in [1.54, 1.807) is 22.3 Å². The van der Waals surface area contributed by atoms with Crippen molar-refractivity contribution in [3.63, 3.8) is 0 Å². The molecule has 0 saturated carbocycles. The van der Waals surface area contributed by atoms with E-state index in [0.717, 1.165) is 40.7 Å². The van der Waals surface area contributed by atoms with E-state index in [4.69, 9.17) is 0 Å². The second kappa shape index (κ2) is 9.31. The molecule has 4 heterocycles. The van der Waals surface area contributed by atoms with Gasteiger partial charge >= 0.3 is 0 Å². The third-order valence-corrected chi connectivity index (χ3v) is 8.11. The number of piperidine rings is 1. The first-order valence-corrected chi connectivity index (χ1v) is 13.1. The number of imide groups is 1. The van der Waals surface area contributed by atoms with Crippen LogP contribution in [0.5, 0.6) is 0 Å². The van der Waals surface area contributed by atoms with Gasteiger partial charge in [0, 0.05) is 30.4 Å². The molecule has 0 bridgehead atoms. The second-order valence-electron chi connectivity index (χ2n) is 8.81. The Morgan fingerprint density at radius 3 is 2.76 bits per heavy atom. The van der Waals surface area contributed by atoms with Crippen LogP contribution in [0, 0.1) is 12.8 Å². The van der Waals surface area contributed by atoms with Crippen LogP contribution in [0.4, 0.5) is 5.69 Å². The lowest BCUT2D eigenvalue weighted by atomic mass is 9.95. The molecule has 9 heteroatoms. The number of rotatable bonds is 6. The number of fused-ring (bicyclic) bond motifs is 1. The van der Waals surface area contributed by atoms with E-state index in [1.165, 1.54) is 16.2 Å². The van der Waals surface area contributed by atoms with Crippen LogP contribution in [0.1, 0.15) is 49.1 Å². The van der Waals surface area contributed by atoms with Crippen molar-refractivity contribution in [1.29, 1.82) is 0 Å². The number of anilines is 1. The van der Waals surface area contributed by atoms with Crippen LogP contribution in [0.15, 0.2) is 41.1 Å². The van der Waals surface area contributed by atoms with E-state index in [0.29, 0.717) is 24.2 Å². The Morgan fingerprint density at radius 1 is 1.18 bits per heavy atom.